The minimum absolute atomic E-state index is 0.0429. The lowest BCUT2D eigenvalue weighted by atomic mass is 10.1. The summed E-state index contributed by atoms with van der Waals surface area (Å²) in [5.74, 6) is 1.14. The molecule has 0 aliphatic carbocycles. The first-order valence-electron chi connectivity index (χ1n) is 8.85. The zero-order valence-corrected chi connectivity index (χ0v) is 16.4. The Morgan fingerprint density at radius 2 is 1.79 bits per heavy atom. The Kier molecular flexibility index (Phi) is 5.69. The quantitative estimate of drug-likeness (QED) is 0.561. The summed E-state index contributed by atoms with van der Waals surface area (Å²) in [7, 11) is 0. The Labute approximate surface area is 167 Å². The molecule has 28 heavy (non-hydrogen) atoms. The first-order chi connectivity index (χ1) is 13.3. The van der Waals surface area contributed by atoms with Crippen LogP contribution in [0.3, 0.4) is 0 Å². The van der Waals surface area contributed by atoms with Crippen LogP contribution < -0.4 is 9.64 Å². The number of ether oxygens (including phenoxy) is 1. The molecule has 0 N–H and O–H groups in total. The number of hydrogen-bond donors (Lipinski definition) is 0. The molecule has 0 radical (unpaired) electrons. The van der Waals surface area contributed by atoms with Crippen molar-refractivity contribution >= 4 is 29.0 Å². The van der Waals surface area contributed by atoms with Gasteiger partial charge in [-0.05, 0) is 44.2 Å². The van der Waals surface area contributed by atoms with E-state index >= 15 is 0 Å². The molecule has 8 nitrogen and oxygen atoms in total. The van der Waals surface area contributed by atoms with Crippen molar-refractivity contribution in [1.82, 2.24) is 9.88 Å². The number of carbonyl (C=O) groups excluding carboxylic acids is 1. The van der Waals surface area contributed by atoms with Crippen molar-refractivity contribution in [3.63, 3.8) is 0 Å². The minimum atomic E-state index is -1.01. The van der Waals surface area contributed by atoms with Crippen molar-refractivity contribution in [1.29, 1.82) is 0 Å². The number of rotatable bonds is 5. The normalized spacial score (nSPS) is 14.7. The molecule has 2 heterocycles. The second-order valence-electron chi connectivity index (χ2n) is 6.98. The summed E-state index contributed by atoms with van der Waals surface area (Å²) < 4.78 is 5.88. The Morgan fingerprint density at radius 1 is 1.14 bits per heavy atom. The summed E-state index contributed by atoms with van der Waals surface area (Å²) in [5, 5.41) is 11.3. The van der Waals surface area contributed by atoms with Crippen LogP contribution in [0.2, 0.25) is 5.02 Å². The molecule has 1 aromatic carbocycles. The predicted octanol–water partition coefficient (Wildman–Crippen LogP) is 3.15. The molecule has 148 valence electrons. The van der Waals surface area contributed by atoms with Crippen molar-refractivity contribution in [2.24, 2.45) is 0 Å². The summed E-state index contributed by atoms with van der Waals surface area (Å²) in [6, 6.07) is 9.96. The fraction of sp³-hybridized carbons (Fsp3) is 0.368. The second kappa shape index (κ2) is 8.02. The molecule has 0 saturated carbocycles. The first kappa shape index (κ1) is 19.9. The van der Waals surface area contributed by atoms with E-state index in [1.807, 2.05) is 4.90 Å². The van der Waals surface area contributed by atoms with Gasteiger partial charge in [-0.25, -0.2) is 4.98 Å². The molecule has 1 amide bonds. The van der Waals surface area contributed by atoms with Crippen molar-refractivity contribution in [3.05, 3.63) is 57.7 Å². The summed E-state index contributed by atoms with van der Waals surface area (Å²) in [6.07, 6.45) is 1.25. The topological polar surface area (TPSA) is 88.8 Å². The van der Waals surface area contributed by atoms with Crippen LogP contribution in [0.25, 0.3) is 0 Å². The van der Waals surface area contributed by atoms with E-state index < -0.39 is 10.5 Å². The highest BCUT2D eigenvalue weighted by atomic mass is 35.5. The van der Waals surface area contributed by atoms with Crippen LogP contribution in [0.1, 0.15) is 13.8 Å². The van der Waals surface area contributed by atoms with E-state index in [-0.39, 0.29) is 11.6 Å². The average Bonchev–Trinajstić information content (AvgIpc) is 2.69. The molecule has 0 atom stereocenters. The number of nitro groups is 1. The maximum absolute atomic E-state index is 12.9. The molecule has 1 aliphatic rings. The number of carbonyl (C=O) groups is 1. The molecule has 0 spiro atoms. The van der Waals surface area contributed by atoms with Gasteiger partial charge in [0.05, 0.1) is 4.92 Å². The number of pyridine rings is 1. The third-order valence-electron chi connectivity index (χ3n) is 4.54. The van der Waals surface area contributed by atoms with Crippen molar-refractivity contribution in [3.8, 4) is 5.75 Å². The standard InChI is InChI=1S/C19H21ClN4O4/c1-19(2,28-16-6-3-14(20)4-7-16)18(25)23-11-9-22(10-12-23)17-8-5-15(13-21-17)24(26)27/h3-8,13H,9-12H2,1-2H3. The van der Waals surface area contributed by atoms with Crippen LogP contribution in [-0.2, 0) is 4.79 Å². The number of benzene rings is 1. The highest BCUT2D eigenvalue weighted by Crippen LogP contribution is 2.24. The zero-order valence-electron chi connectivity index (χ0n) is 15.7. The summed E-state index contributed by atoms with van der Waals surface area (Å²) >= 11 is 5.88. The second-order valence-corrected chi connectivity index (χ2v) is 7.41. The number of anilines is 1. The number of halogens is 1. The van der Waals surface area contributed by atoms with E-state index in [1.54, 1.807) is 49.1 Å². The Balaban J connectivity index is 1.59. The lowest BCUT2D eigenvalue weighted by Crippen LogP contribution is -2.56. The molecular formula is C19H21ClN4O4. The van der Waals surface area contributed by atoms with Crippen LogP contribution >= 0.6 is 11.6 Å². The van der Waals surface area contributed by atoms with Crippen molar-refractivity contribution < 1.29 is 14.5 Å². The van der Waals surface area contributed by atoms with Crippen molar-refractivity contribution in [2.75, 3.05) is 31.1 Å². The third kappa shape index (κ3) is 4.51. The van der Waals surface area contributed by atoms with Crippen molar-refractivity contribution in [2.45, 2.75) is 19.4 Å². The van der Waals surface area contributed by atoms with Crippen LogP contribution in [0, 0.1) is 10.1 Å². The summed E-state index contributed by atoms with van der Waals surface area (Å²) in [5.41, 5.74) is -1.06. The van der Waals surface area contributed by atoms with Gasteiger partial charge < -0.3 is 14.5 Å². The number of nitrogens with zero attached hydrogens (tertiary/aromatic N) is 4. The van der Waals surface area contributed by atoms with Crippen LogP contribution in [0.5, 0.6) is 5.75 Å². The van der Waals surface area contributed by atoms with Crippen LogP contribution in [-0.4, -0.2) is 52.5 Å². The van der Waals surface area contributed by atoms with Gasteiger partial charge in [-0.1, -0.05) is 11.6 Å². The first-order valence-corrected chi connectivity index (χ1v) is 9.23. The summed E-state index contributed by atoms with van der Waals surface area (Å²) in [4.78, 5) is 31.1. The number of hydrogen-bond acceptors (Lipinski definition) is 6. The molecule has 1 fully saturated rings. The van der Waals surface area contributed by atoms with Gasteiger partial charge in [-0.2, -0.15) is 0 Å². The van der Waals surface area contributed by atoms with E-state index in [1.165, 1.54) is 12.3 Å². The SMILES string of the molecule is CC(C)(Oc1ccc(Cl)cc1)C(=O)N1CCN(c2ccc([N+](=O)[O-])cn2)CC1. The lowest BCUT2D eigenvalue weighted by molar-refractivity contribution is -0.385. The number of piperazine rings is 1. The highest BCUT2D eigenvalue weighted by molar-refractivity contribution is 6.30. The molecule has 0 bridgehead atoms. The van der Waals surface area contributed by atoms with Gasteiger partial charge in [-0.3, -0.25) is 14.9 Å². The van der Waals surface area contributed by atoms with Gasteiger partial charge in [0.2, 0.25) is 0 Å². The van der Waals surface area contributed by atoms with E-state index in [2.05, 4.69) is 4.98 Å². The molecule has 1 saturated heterocycles. The maximum atomic E-state index is 12.9. The fourth-order valence-corrected chi connectivity index (χ4v) is 3.16. The Morgan fingerprint density at radius 3 is 2.32 bits per heavy atom. The van der Waals surface area contributed by atoms with Gasteiger partial charge in [0, 0.05) is 37.3 Å². The van der Waals surface area contributed by atoms with E-state index in [4.69, 9.17) is 16.3 Å². The van der Waals surface area contributed by atoms with Gasteiger partial charge in [-0.15, -0.1) is 0 Å². The monoisotopic (exact) mass is 404 g/mol. The Hall–Kier alpha value is -2.87. The van der Waals surface area contributed by atoms with Gasteiger partial charge in [0.25, 0.3) is 11.6 Å². The smallest absolute Gasteiger partial charge is 0.287 e. The maximum Gasteiger partial charge on any atom is 0.287 e. The molecule has 9 heteroatoms. The number of amides is 1. The highest BCUT2D eigenvalue weighted by Gasteiger charge is 2.35. The van der Waals surface area contributed by atoms with Crippen LogP contribution in [0.4, 0.5) is 11.5 Å². The molecule has 2 aromatic rings. The molecule has 1 aromatic heterocycles. The third-order valence-corrected chi connectivity index (χ3v) is 4.79. The van der Waals surface area contributed by atoms with Gasteiger partial charge in [0.15, 0.2) is 5.60 Å². The predicted molar refractivity (Wildman–Crippen MR) is 106 cm³/mol. The molecular weight excluding hydrogens is 384 g/mol. The zero-order chi connectivity index (χ0) is 20.3. The molecule has 1 aliphatic heterocycles. The van der Waals surface area contributed by atoms with E-state index in [9.17, 15) is 14.9 Å². The van der Waals surface area contributed by atoms with Crippen LogP contribution in [0.15, 0.2) is 42.6 Å². The van der Waals surface area contributed by atoms with Gasteiger partial charge in [0.1, 0.15) is 17.8 Å². The summed E-state index contributed by atoms with van der Waals surface area (Å²) in [6.45, 7) is 5.71. The minimum Gasteiger partial charge on any atom is -0.478 e. The van der Waals surface area contributed by atoms with E-state index in [0.717, 1.165) is 0 Å². The number of aromatic nitrogens is 1. The largest absolute Gasteiger partial charge is 0.478 e. The lowest BCUT2D eigenvalue weighted by Gasteiger charge is -2.39. The van der Waals surface area contributed by atoms with Gasteiger partial charge >= 0.3 is 0 Å². The molecule has 0 unspecified atom stereocenters. The Bertz CT molecular complexity index is 847. The average molecular weight is 405 g/mol. The molecule has 3 rings (SSSR count). The fourth-order valence-electron chi connectivity index (χ4n) is 3.03. The van der Waals surface area contributed by atoms with E-state index in [0.29, 0.717) is 42.8 Å².